The highest BCUT2D eigenvalue weighted by molar-refractivity contribution is 5.94. The van der Waals surface area contributed by atoms with Crippen LogP contribution in [0.5, 0.6) is 11.5 Å². The SMILES string of the molecule is CC[C@@H](N)C(=O)Nc1cc(OC)cc(OC)c1. The van der Waals surface area contributed by atoms with Crippen LogP contribution >= 0.6 is 0 Å². The van der Waals surface area contributed by atoms with Crippen LogP contribution in [-0.2, 0) is 4.79 Å². The Morgan fingerprint density at radius 1 is 1.29 bits per heavy atom. The van der Waals surface area contributed by atoms with Gasteiger partial charge < -0.3 is 20.5 Å². The summed E-state index contributed by atoms with van der Waals surface area (Å²) < 4.78 is 10.2. The number of benzene rings is 1. The second-order valence-electron chi connectivity index (χ2n) is 3.61. The number of hydrogen-bond donors (Lipinski definition) is 2. The minimum atomic E-state index is -0.507. The summed E-state index contributed by atoms with van der Waals surface area (Å²) in [5, 5.41) is 2.72. The molecule has 0 saturated heterocycles. The lowest BCUT2D eigenvalue weighted by Crippen LogP contribution is -2.34. The topological polar surface area (TPSA) is 73.6 Å². The van der Waals surface area contributed by atoms with Crippen molar-refractivity contribution < 1.29 is 14.3 Å². The van der Waals surface area contributed by atoms with E-state index in [2.05, 4.69) is 5.32 Å². The zero-order valence-corrected chi connectivity index (χ0v) is 10.3. The maximum Gasteiger partial charge on any atom is 0.241 e. The molecule has 94 valence electrons. The highest BCUT2D eigenvalue weighted by atomic mass is 16.5. The van der Waals surface area contributed by atoms with E-state index in [1.165, 1.54) is 0 Å². The molecule has 0 aliphatic carbocycles. The van der Waals surface area contributed by atoms with Gasteiger partial charge in [-0.15, -0.1) is 0 Å². The fraction of sp³-hybridized carbons (Fsp3) is 0.417. The number of nitrogens with one attached hydrogen (secondary N) is 1. The average molecular weight is 238 g/mol. The number of carbonyl (C=O) groups excluding carboxylic acids is 1. The lowest BCUT2D eigenvalue weighted by Gasteiger charge is -2.12. The molecule has 0 radical (unpaired) electrons. The predicted octanol–water partition coefficient (Wildman–Crippen LogP) is 1.38. The molecule has 3 N–H and O–H groups in total. The van der Waals surface area contributed by atoms with E-state index in [0.29, 0.717) is 23.6 Å². The molecule has 1 aromatic carbocycles. The Morgan fingerprint density at radius 2 is 1.82 bits per heavy atom. The van der Waals surface area contributed by atoms with Crippen molar-refractivity contribution in [1.29, 1.82) is 0 Å². The van der Waals surface area contributed by atoms with Gasteiger partial charge in [-0.3, -0.25) is 4.79 Å². The number of rotatable bonds is 5. The van der Waals surface area contributed by atoms with E-state index in [1.54, 1.807) is 32.4 Å². The molecule has 17 heavy (non-hydrogen) atoms. The molecule has 5 nitrogen and oxygen atoms in total. The Balaban J connectivity index is 2.86. The van der Waals surface area contributed by atoms with Gasteiger partial charge in [0.25, 0.3) is 0 Å². The molecule has 1 rings (SSSR count). The average Bonchev–Trinajstić information content (AvgIpc) is 2.36. The standard InChI is InChI=1S/C12H18N2O3/c1-4-11(13)12(15)14-8-5-9(16-2)7-10(6-8)17-3/h5-7,11H,4,13H2,1-3H3,(H,14,15)/t11-/m1/s1. The molecule has 0 aliphatic rings. The van der Waals surface area contributed by atoms with Crippen molar-refractivity contribution in [1.82, 2.24) is 0 Å². The smallest absolute Gasteiger partial charge is 0.241 e. The van der Waals surface area contributed by atoms with Gasteiger partial charge in [0.15, 0.2) is 0 Å². The third kappa shape index (κ3) is 3.64. The first-order valence-electron chi connectivity index (χ1n) is 5.40. The molecule has 0 aliphatic heterocycles. The second kappa shape index (κ2) is 6.10. The van der Waals surface area contributed by atoms with E-state index in [-0.39, 0.29) is 5.91 Å². The third-order valence-corrected chi connectivity index (χ3v) is 2.40. The summed E-state index contributed by atoms with van der Waals surface area (Å²) in [5.41, 5.74) is 6.24. The highest BCUT2D eigenvalue weighted by Gasteiger charge is 2.12. The summed E-state index contributed by atoms with van der Waals surface area (Å²) in [5.74, 6) is 1.01. The van der Waals surface area contributed by atoms with Crippen molar-refractivity contribution in [3.8, 4) is 11.5 Å². The number of methoxy groups -OCH3 is 2. The first-order valence-corrected chi connectivity index (χ1v) is 5.40. The fourth-order valence-corrected chi connectivity index (χ4v) is 1.30. The number of nitrogens with two attached hydrogens (primary N) is 1. The zero-order chi connectivity index (χ0) is 12.8. The quantitative estimate of drug-likeness (QED) is 0.812. The van der Waals surface area contributed by atoms with Crippen LogP contribution in [0.2, 0.25) is 0 Å². The van der Waals surface area contributed by atoms with Crippen molar-refractivity contribution in [3.05, 3.63) is 18.2 Å². The number of hydrogen-bond acceptors (Lipinski definition) is 4. The number of amides is 1. The van der Waals surface area contributed by atoms with Crippen LogP contribution < -0.4 is 20.5 Å². The monoisotopic (exact) mass is 238 g/mol. The van der Waals surface area contributed by atoms with Crippen molar-refractivity contribution in [2.45, 2.75) is 19.4 Å². The molecule has 0 saturated carbocycles. The van der Waals surface area contributed by atoms with Crippen LogP contribution in [0.3, 0.4) is 0 Å². The van der Waals surface area contributed by atoms with E-state index in [1.807, 2.05) is 6.92 Å². The molecule has 0 spiro atoms. The van der Waals surface area contributed by atoms with Gasteiger partial charge in [0.2, 0.25) is 5.91 Å². The maximum atomic E-state index is 11.6. The predicted molar refractivity (Wildman–Crippen MR) is 66.4 cm³/mol. The van der Waals surface area contributed by atoms with Crippen LogP contribution in [0.4, 0.5) is 5.69 Å². The fourth-order valence-electron chi connectivity index (χ4n) is 1.30. The van der Waals surface area contributed by atoms with Gasteiger partial charge in [-0.2, -0.15) is 0 Å². The first-order chi connectivity index (χ1) is 8.10. The van der Waals surface area contributed by atoms with Gasteiger partial charge in [0.1, 0.15) is 11.5 Å². The van der Waals surface area contributed by atoms with E-state index in [0.717, 1.165) is 0 Å². The lowest BCUT2D eigenvalue weighted by atomic mass is 10.2. The van der Waals surface area contributed by atoms with Crippen LogP contribution in [0, 0.1) is 0 Å². The third-order valence-electron chi connectivity index (χ3n) is 2.40. The van der Waals surface area contributed by atoms with Crippen molar-refractivity contribution in [3.63, 3.8) is 0 Å². The summed E-state index contributed by atoms with van der Waals surface area (Å²) in [6.45, 7) is 1.86. The molecule has 0 aromatic heterocycles. The van der Waals surface area contributed by atoms with Crippen molar-refractivity contribution in [2.24, 2.45) is 5.73 Å². The van der Waals surface area contributed by atoms with Gasteiger partial charge >= 0.3 is 0 Å². The molecule has 0 heterocycles. The van der Waals surface area contributed by atoms with E-state index in [4.69, 9.17) is 15.2 Å². The molecule has 1 aromatic rings. The first kappa shape index (κ1) is 13.3. The molecular formula is C12H18N2O3. The molecule has 0 fully saturated rings. The second-order valence-corrected chi connectivity index (χ2v) is 3.61. The molecule has 1 amide bonds. The Bertz CT molecular complexity index is 371. The number of anilines is 1. The summed E-state index contributed by atoms with van der Waals surface area (Å²) >= 11 is 0. The summed E-state index contributed by atoms with van der Waals surface area (Å²) in [7, 11) is 3.11. The van der Waals surface area contributed by atoms with Gasteiger partial charge in [0.05, 0.1) is 20.3 Å². The largest absolute Gasteiger partial charge is 0.497 e. The Hall–Kier alpha value is -1.75. The van der Waals surface area contributed by atoms with Gasteiger partial charge in [-0.05, 0) is 6.42 Å². The molecule has 5 heteroatoms. The van der Waals surface area contributed by atoms with Crippen molar-refractivity contribution in [2.75, 3.05) is 19.5 Å². The number of ether oxygens (including phenoxy) is 2. The van der Waals surface area contributed by atoms with Gasteiger partial charge in [0, 0.05) is 23.9 Å². The normalized spacial score (nSPS) is 11.8. The maximum absolute atomic E-state index is 11.6. The molecule has 1 atom stereocenters. The zero-order valence-electron chi connectivity index (χ0n) is 10.3. The molecule has 0 bridgehead atoms. The summed E-state index contributed by atoms with van der Waals surface area (Å²) in [6, 6.07) is 4.65. The van der Waals surface area contributed by atoms with Crippen LogP contribution in [0.15, 0.2) is 18.2 Å². The molecule has 0 unspecified atom stereocenters. The van der Waals surface area contributed by atoms with Gasteiger partial charge in [-0.25, -0.2) is 0 Å². The number of carbonyl (C=O) groups is 1. The van der Waals surface area contributed by atoms with E-state index in [9.17, 15) is 4.79 Å². The van der Waals surface area contributed by atoms with Crippen LogP contribution in [0.1, 0.15) is 13.3 Å². The molecular weight excluding hydrogens is 220 g/mol. The van der Waals surface area contributed by atoms with Gasteiger partial charge in [-0.1, -0.05) is 6.92 Å². The van der Waals surface area contributed by atoms with Crippen LogP contribution in [-0.4, -0.2) is 26.2 Å². The van der Waals surface area contributed by atoms with Crippen LogP contribution in [0.25, 0.3) is 0 Å². The Labute approximate surface area is 101 Å². The van der Waals surface area contributed by atoms with E-state index >= 15 is 0 Å². The minimum absolute atomic E-state index is 0.220. The Kier molecular flexibility index (Phi) is 4.78. The summed E-state index contributed by atoms with van der Waals surface area (Å²) in [4.78, 5) is 11.6. The lowest BCUT2D eigenvalue weighted by molar-refractivity contribution is -0.117. The summed E-state index contributed by atoms with van der Waals surface area (Å²) in [6.07, 6.45) is 0.590. The Morgan fingerprint density at radius 3 is 2.24 bits per heavy atom. The van der Waals surface area contributed by atoms with Crippen molar-refractivity contribution >= 4 is 11.6 Å². The minimum Gasteiger partial charge on any atom is -0.497 e. The van der Waals surface area contributed by atoms with E-state index < -0.39 is 6.04 Å². The highest BCUT2D eigenvalue weighted by Crippen LogP contribution is 2.25.